The molecular weight excluding hydrogens is 380 g/mol. The Bertz CT molecular complexity index is 1030. The number of carbonyl (C=O) groups excluding carboxylic acids is 1. The quantitative estimate of drug-likeness (QED) is 0.490. The van der Waals surface area contributed by atoms with Crippen LogP contribution >= 0.6 is 0 Å². The van der Waals surface area contributed by atoms with Crippen LogP contribution in [0.3, 0.4) is 0 Å². The molecule has 2 aromatic heterocycles. The van der Waals surface area contributed by atoms with Crippen molar-refractivity contribution in [2.24, 2.45) is 11.5 Å². The molecule has 0 bridgehead atoms. The van der Waals surface area contributed by atoms with Gasteiger partial charge in [-0.05, 0) is 31.0 Å². The molecule has 0 saturated heterocycles. The molecule has 9 heteroatoms. The van der Waals surface area contributed by atoms with Gasteiger partial charge in [0, 0.05) is 35.7 Å². The summed E-state index contributed by atoms with van der Waals surface area (Å²) < 4.78 is 0. The van der Waals surface area contributed by atoms with Crippen molar-refractivity contribution in [2.75, 3.05) is 10.6 Å². The number of anilines is 3. The van der Waals surface area contributed by atoms with E-state index in [9.17, 15) is 4.79 Å². The fraction of sp³-hybridized carbons (Fsp3) is 0.286. The Morgan fingerprint density at radius 2 is 1.87 bits per heavy atom. The minimum absolute atomic E-state index is 0.0647. The summed E-state index contributed by atoms with van der Waals surface area (Å²) in [5.41, 5.74) is 13.3. The Morgan fingerprint density at radius 1 is 1.07 bits per heavy atom. The number of rotatable bonds is 6. The lowest BCUT2D eigenvalue weighted by atomic mass is 9.91. The Balaban J connectivity index is 1.60. The average Bonchev–Trinajstić information content (AvgIpc) is 2.76. The summed E-state index contributed by atoms with van der Waals surface area (Å²) in [6.07, 6.45) is 9.10. The second kappa shape index (κ2) is 8.83. The SMILES string of the molecule is NC(=O)c1ncc(N[C@@H]2CCCC[C@@H]2N)nc1Nc1cccc(-c2ncccn2)c1. The molecule has 1 amide bonds. The van der Waals surface area contributed by atoms with E-state index in [0.717, 1.165) is 31.2 Å². The number of amides is 1. The van der Waals surface area contributed by atoms with Gasteiger partial charge in [-0.25, -0.2) is 19.9 Å². The van der Waals surface area contributed by atoms with Crippen LogP contribution in [-0.2, 0) is 0 Å². The molecule has 3 aromatic rings. The van der Waals surface area contributed by atoms with E-state index >= 15 is 0 Å². The predicted molar refractivity (Wildman–Crippen MR) is 115 cm³/mol. The van der Waals surface area contributed by atoms with Crippen LogP contribution in [0.25, 0.3) is 11.4 Å². The molecule has 1 saturated carbocycles. The summed E-state index contributed by atoms with van der Waals surface area (Å²) >= 11 is 0. The number of hydrogen-bond acceptors (Lipinski definition) is 8. The van der Waals surface area contributed by atoms with Crippen LogP contribution in [0.4, 0.5) is 17.3 Å². The molecule has 1 aliphatic rings. The smallest absolute Gasteiger partial charge is 0.271 e. The number of carbonyl (C=O) groups is 1. The molecule has 1 aromatic carbocycles. The Morgan fingerprint density at radius 3 is 2.63 bits per heavy atom. The van der Waals surface area contributed by atoms with Gasteiger partial charge >= 0.3 is 0 Å². The molecular formula is C21H24N8O. The van der Waals surface area contributed by atoms with Crippen molar-refractivity contribution in [1.82, 2.24) is 19.9 Å². The van der Waals surface area contributed by atoms with Crippen molar-refractivity contribution < 1.29 is 4.79 Å². The van der Waals surface area contributed by atoms with Gasteiger partial charge in [0.15, 0.2) is 17.3 Å². The lowest BCUT2D eigenvalue weighted by molar-refractivity contribution is 0.0996. The highest BCUT2D eigenvalue weighted by atomic mass is 16.1. The molecule has 2 heterocycles. The number of benzene rings is 1. The summed E-state index contributed by atoms with van der Waals surface area (Å²) in [6.45, 7) is 0. The van der Waals surface area contributed by atoms with E-state index in [1.54, 1.807) is 18.5 Å². The minimum atomic E-state index is -0.659. The zero-order chi connectivity index (χ0) is 20.9. The standard InChI is InChI=1S/C21H24N8O/c22-15-7-1-2-8-16(15)28-17-12-26-18(19(23)30)21(29-17)27-14-6-3-5-13(11-14)20-24-9-4-10-25-20/h3-6,9-12,15-16H,1-2,7-8,22H2,(H2,23,30)(H2,27,28,29)/t15-,16+/m0/s1. The summed E-state index contributed by atoms with van der Waals surface area (Å²) in [7, 11) is 0. The van der Waals surface area contributed by atoms with Gasteiger partial charge in [0.05, 0.1) is 6.20 Å². The largest absolute Gasteiger partial charge is 0.364 e. The molecule has 1 fully saturated rings. The van der Waals surface area contributed by atoms with E-state index in [4.69, 9.17) is 11.5 Å². The third-order valence-corrected chi connectivity index (χ3v) is 5.11. The molecule has 9 nitrogen and oxygen atoms in total. The molecule has 30 heavy (non-hydrogen) atoms. The van der Waals surface area contributed by atoms with Gasteiger partial charge in [-0.15, -0.1) is 0 Å². The van der Waals surface area contributed by atoms with Crippen LogP contribution < -0.4 is 22.1 Å². The molecule has 0 aliphatic heterocycles. The van der Waals surface area contributed by atoms with Gasteiger partial charge in [0.1, 0.15) is 5.82 Å². The van der Waals surface area contributed by atoms with Crippen LogP contribution in [0.2, 0.25) is 0 Å². The number of primary amides is 1. The second-order valence-electron chi connectivity index (χ2n) is 7.29. The number of hydrogen-bond donors (Lipinski definition) is 4. The van der Waals surface area contributed by atoms with Crippen molar-refractivity contribution in [3.05, 3.63) is 54.6 Å². The van der Waals surface area contributed by atoms with E-state index in [-0.39, 0.29) is 23.6 Å². The van der Waals surface area contributed by atoms with E-state index < -0.39 is 5.91 Å². The van der Waals surface area contributed by atoms with Crippen molar-refractivity contribution in [1.29, 1.82) is 0 Å². The van der Waals surface area contributed by atoms with Crippen molar-refractivity contribution >= 4 is 23.2 Å². The molecule has 0 unspecified atom stereocenters. The van der Waals surface area contributed by atoms with Crippen LogP contribution in [0.5, 0.6) is 0 Å². The molecule has 1 aliphatic carbocycles. The van der Waals surface area contributed by atoms with Crippen molar-refractivity contribution in [3.8, 4) is 11.4 Å². The van der Waals surface area contributed by atoms with E-state index in [1.165, 1.54) is 6.20 Å². The topological polar surface area (TPSA) is 145 Å². The van der Waals surface area contributed by atoms with Crippen molar-refractivity contribution in [2.45, 2.75) is 37.8 Å². The van der Waals surface area contributed by atoms with Crippen molar-refractivity contribution in [3.63, 3.8) is 0 Å². The van der Waals surface area contributed by atoms with Gasteiger partial charge < -0.3 is 22.1 Å². The maximum absolute atomic E-state index is 11.9. The molecule has 4 rings (SSSR count). The first-order chi connectivity index (χ1) is 14.6. The fourth-order valence-electron chi connectivity index (χ4n) is 3.58. The Kier molecular flexibility index (Phi) is 5.80. The first-order valence-electron chi connectivity index (χ1n) is 9.93. The number of aromatic nitrogens is 4. The van der Waals surface area contributed by atoms with Crippen LogP contribution in [0.1, 0.15) is 36.2 Å². The molecule has 154 valence electrons. The summed E-state index contributed by atoms with van der Waals surface area (Å²) in [5, 5.41) is 6.50. The zero-order valence-corrected chi connectivity index (χ0v) is 16.5. The van der Waals surface area contributed by atoms with Gasteiger partial charge in [-0.3, -0.25) is 4.79 Å². The van der Waals surface area contributed by atoms with Crippen LogP contribution in [0.15, 0.2) is 48.9 Å². The number of nitrogens with zero attached hydrogens (tertiary/aromatic N) is 4. The third-order valence-electron chi connectivity index (χ3n) is 5.11. The van der Waals surface area contributed by atoms with Gasteiger partial charge in [0.2, 0.25) is 0 Å². The highest BCUT2D eigenvalue weighted by Crippen LogP contribution is 2.25. The van der Waals surface area contributed by atoms with Crippen LogP contribution in [0, 0.1) is 0 Å². The molecule has 2 atom stereocenters. The average molecular weight is 404 g/mol. The zero-order valence-electron chi connectivity index (χ0n) is 16.5. The first-order valence-corrected chi connectivity index (χ1v) is 9.93. The second-order valence-corrected chi connectivity index (χ2v) is 7.29. The predicted octanol–water partition coefficient (Wildman–Crippen LogP) is 2.46. The summed E-state index contributed by atoms with van der Waals surface area (Å²) in [6, 6.07) is 9.46. The lowest BCUT2D eigenvalue weighted by Crippen LogP contribution is -2.42. The highest BCUT2D eigenvalue weighted by molar-refractivity contribution is 5.96. The molecule has 6 N–H and O–H groups in total. The van der Waals surface area contributed by atoms with E-state index in [1.807, 2.05) is 24.3 Å². The fourth-order valence-corrected chi connectivity index (χ4v) is 3.58. The Hall–Kier alpha value is -3.59. The third kappa shape index (κ3) is 4.52. The van der Waals surface area contributed by atoms with Crippen LogP contribution in [-0.4, -0.2) is 37.9 Å². The Labute approximate surface area is 174 Å². The van der Waals surface area contributed by atoms with Gasteiger partial charge in [0.25, 0.3) is 5.91 Å². The minimum Gasteiger partial charge on any atom is -0.364 e. The maximum atomic E-state index is 11.9. The number of nitrogens with one attached hydrogen (secondary N) is 2. The van der Waals surface area contributed by atoms with Gasteiger partial charge in [-0.2, -0.15) is 0 Å². The monoisotopic (exact) mass is 404 g/mol. The summed E-state index contributed by atoms with van der Waals surface area (Å²) in [5.74, 6) is 0.771. The summed E-state index contributed by atoms with van der Waals surface area (Å²) in [4.78, 5) is 29.2. The molecule has 0 radical (unpaired) electrons. The van der Waals surface area contributed by atoms with E-state index in [2.05, 4.69) is 30.6 Å². The number of nitrogens with two attached hydrogens (primary N) is 2. The maximum Gasteiger partial charge on any atom is 0.271 e. The van der Waals surface area contributed by atoms with E-state index in [0.29, 0.717) is 17.3 Å². The highest BCUT2D eigenvalue weighted by Gasteiger charge is 2.23. The normalized spacial score (nSPS) is 18.6. The first kappa shape index (κ1) is 19.7. The molecule has 0 spiro atoms. The lowest BCUT2D eigenvalue weighted by Gasteiger charge is -2.29. The van der Waals surface area contributed by atoms with Gasteiger partial charge in [-0.1, -0.05) is 25.0 Å².